The van der Waals surface area contributed by atoms with Gasteiger partial charge in [-0.05, 0) is 41.3 Å². The number of nitrogens with one attached hydrogen (secondary N) is 1. The Balaban J connectivity index is 2.52. The van der Waals surface area contributed by atoms with Gasteiger partial charge in [0.15, 0.2) is 0 Å². The maximum Gasteiger partial charge on any atom is 0.254 e. The van der Waals surface area contributed by atoms with Crippen LogP contribution in [0.5, 0.6) is 0 Å². The highest BCUT2D eigenvalue weighted by Crippen LogP contribution is 2.18. The van der Waals surface area contributed by atoms with Gasteiger partial charge in [-0.25, -0.2) is 4.98 Å². The monoisotopic (exact) mass is 346 g/mol. The van der Waals surface area contributed by atoms with Crippen LogP contribution in [0.15, 0.2) is 16.7 Å². The van der Waals surface area contributed by atoms with Crippen molar-refractivity contribution in [3.8, 4) is 0 Å². The normalized spacial score (nSPS) is 12.5. The summed E-state index contributed by atoms with van der Waals surface area (Å²) in [5.41, 5.74) is 0.409. The molecular weight excluding hydrogens is 328 g/mol. The largest absolute Gasteiger partial charge is 0.349 e. The zero-order valence-corrected chi connectivity index (χ0v) is 13.9. The lowest BCUT2D eigenvalue weighted by atomic mass is 10.0. The van der Waals surface area contributed by atoms with E-state index in [2.05, 4.69) is 40.1 Å². The van der Waals surface area contributed by atoms with Gasteiger partial charge in [0.25, 0.3) is 5.91 Å². The molecule has 1 aromatic heterocycles. The lowest BCUT2D eigenvalue weighted by molar-refractivity contribution is 0.0937. The van der Waals surface area contributed by atoms with Gasteiger partial charge in [-0.3, -0.25) is 4.79 Å². The average Bonchev–Trinajstić information content (AvgIpc) is 2.31. The second-order valence-electron chi connectivity index (χ2n) is 5.19. The SMILES string of the molecule is CC(C)CCCC(C)NC(=O)c1cc(Br)cnc1Cl. The summed E-state index contributed by atoms with van der Waals surface area (Å²) < 4.78 is 0.745. The number of nitrogens with zero attached hydrogens (tertiary/aromatic N) is 1. The molecule has 1 unspecified atom stereocenters. The van der Waals surface area contributed by atoms with Gasteiger partial charge >= 0.3 is 0 Å². The zero-order valence-electron chi connectivity index (χ0n) is 11.5. The maximum absolute atomic E-state index is 12.1. The molecule has 5 heteroatoms. The second-order valence-corrected chi connectivity index (χ2v) is 6.46. The van der Waals surface area contributed by atoms with Crippen LogP contribution in [0, 0.1) is 5.92 Å². The van der Waals surface area contributed by atoms with Crippen LogP contribution in [0.2, 0.25) is 5.15 Å². The molecule has 1 amide bonds. The molecule has 0 fully saturated rings. The average molecular weight is 348 g/mol. The Kier molecular flexibility index (Phi) is 6.80. The van der Waals surface area contributed by atoms with Crippen LogP contribution >= 0.6 is 27.5 Å². The van der Waals surface area contributed by atoms with Crippen LogP contribution in [0.4, 0.5) is 0 Å². The topological polar surface area (TPSA) is 42.0 Å². The van der Waals surface area contributed by atoms with E-state index >= 15 is 0 Å². The molecule has 0 spiro atoms. The highest BCUT2D eigenvalue weighted by Gasteiger charge is 2.14. The molecule has 106 valence electrons. The predicted molar refractivity (Wildman–Crippen MR) is 82.6 cm³/mol. The van der Waals surface area contributed by atoms with E-state index in [1.807, 2.05) is 6.92 Å². The summed E-state index contributed by atoms with van der Waals surface area (Å²) in [5, 5.41) is 3.19. The van der Waals surface area contributed by atoms with Crippen molar-refractivity contribution in [2.45, 2.75) is 46.1 Å². The summed E-state index contributed by atoms with van der Waals surface area (Å²) in [7, 11) is 0. The minimum absolute atomic E-state index is 0.140. The Morgan fingerprint density at radius 3 is 2.74 bits per heavy atom. The molecule has 19 heavy (non-hydrogen) atoms. The molecule has 1 rings (SSSR count). The molecule has 0 saturated carbocycles. The predicted octanol–water partition coefficient (Wildman–Crippen LogP) is 4.44. The Hall–Kier alpha value is -0.610. The fourth-order valence-electron chi connectivity index (χ4n) is 1.79. The molecule has 0 saturated heterocycles. The first-order valence-electron chi connectivity index (χ1n) is 6.52. The van der Waals surface area contributed by atoms with E-state index in [4.69, 9.17) is 11.6 Å². The van der Waals surface area contributed by atoms with Crippen LogP contribution < -0.4 is 5.32 Å². The smallest absolute Gasteiger partial charge is 0.254 e. The number of pyridine rings is 1. The van der Waals surface area contributed by atoms with Gasteiger partial charge in [0, 0.05) is 16.7 Å². The van der Waals surface area contributed by atoms with Crippen LogP contribution in [0.1, 0.15) is 50.4 Å². The molecule has 0 aliphatic rings. The van der Waals surface area contributed by atoms with E-state index in [1.54, 1.807) is 12.3 Å². The third-order valence-corrected chi connectivity index (χ3v) is 3.58. The minimum Gasteiger partial charge on any atom is -0.349 e. The molecule has 1 heterocycles. The van der Waals surface area contributed by atoms with Crippen molar-refractivity contribution in [2.75, 3.05) is 0 Å². The van der Waals surface area contributed by atoms with E-state index in [0.717, 1.165) is 17.3 Å². The number of hydrogen-bond acceptors (Lipinski definition) is 2. The van der Waals surface area contributed by atoms with E-state index in [0.29, 0.717) is 11.5 Å². The van der Waals surface area contributed by atoms with Gasteiger partial charge in [0.05, 0.1) is 5.56 Å². The fraction of sp³-hybridized carbons (Fsp3) is 0.571. The lowest BCUT2D eigenvalue weighted by Gasteiger charge is -2.15. The molecule has 0 radical (unpaired) electrons. The van der Waals surface area contributed by atoms with Crippen molar-refractivity contribution in [3.05, 3.63) is 27.5 Å². The summed E-state index contributed by atoms with van der Waals surface area (Å²) in [5.74, 6) is 0.530. The molecule has 0 aliphatic heterocycles. The standard InChI is InChI=1S/C14H20BrClN2O/c1-9(2)5-4-6-10(3)18-14(19)12-7-11(15)8-17-13(12)16/h7-10H,4-6H2,1-3H3,(H,18,19). The molecule has 1 atom stereocenters. The van der Waals surface area contributed by atoms with E-state index in [-0.39, 0.29) is 17.1 Å². The van der Waals surface area contributed by atoms with Crippen LogP contribution in [0.25, 0.3) is 0 Å². The third-order valence-electron chi connectivity index (χ3n) is 2.85. The number of carbonyl (C=O) groups is 1. The molecular formula is C14H20BrClN2O. The van der Waals surface area contributed by atoms with Crippen molar-refractivity contribution in [3.63, 3.8) is 0 Å². The first kappa shape index (κ1) is 16.4. The fourth-order valence-corrected chi connectivity index (χ4v) is 2.31. The molecule has 0 aliphatic carbocycles. The number of carbonyl (C=O) groups excluding carboxylic acids is 1. The highest BCUT2D eigenvalue weighted by molar-refractivity contribution is 9.10. The Bertz CT molecular complexity index is 437. The van der Waals surface area contributed by atoms with Crippen LogP contribution in [-0.2, 0) is 0 Å². The van der Waals surface area contributed by atoms with Gasteiger partial charge in [0.1, 0.15) is 5.15 Å². The molecule has 1 aromatic rings. The number of rotatable bonds is 6. The van der Waals surface area contributed by atoms with Crippen molar-refractivity contribution in [1.82, 2.24) is 10.3 Å². The van der Waals surface area contributed by atoms with E-state index in [1.165, 1.54) is 6.42 Å². The van der Waals surface area contributed by atoms with Crippen molar-refractivity contribution in [2.24, 2.45) is 5.92 Å². The van der Waals surface area contributed by atoms with E-state index < -0.39 is 0 Å². The summed E-state index contributed by atoms with van der Waals surface area (Å²) in [6, 6.07) is 1.83. The van der Waals surface area contributed by atoms with Gasteiger partial charge in [-0.15, -0.1) is 0 Å². The highest BCUT2D eigenvalue weighted by atomic mass is 79.9. The summed E-state index contributed by atoms with van der Waals surface area (Å²) in [6.07, 6.45) is 4.84. The number of halogens is 2. The van der Waals surface area contributed by atoms with Gasteiger partial charge in [-0.2, -0.15) is 0 Å². The zero-order chi connectivity index (χ0) is 14.4. The van der Waals surface area contributed by atoms with Gasteiger partial charge in [-0.1, -0.05) is 38.3 Å². The first-order valence-corrected chi connectivity index (χ1v) is 7.69. The summed E-state index contributed by atoms with van der Waals surface area (Å²) in [4.78, 5) is 16.0. The summed E-state index contributed by atoms with van der Waals surface area (Å²) in [6.45, 7) is 6.42. The molecule has 1 N–H and O–H groups in total. The number of hydrogen-bond donors (Lipinski definition) is 1. The quantitative estimate of drug-likeness (QED) is 0.773. The van der Waals surface area contributed by atoms with Crippen LogP contribution in [0.3, 0.4) is 0 Å². The molecule has 0 aromatic carbocycles. The van der Waals surface area contributed by atoms with E-state index in [9.17, 15) is 4.79 Å². The number of amides is 1. The Morgan fingerprint density at radius 1 is 1.42 bits per heavy atom. The van der Waals surface area contributed by atoms with Gasteiger partial charge in [0.2, 0.25) is 0 Å². The first-order chi connectivity index (χ1) is 8.90. The second kappa shape index (κ2) is 7.85. The lowest BCUT2D eigenvalue weighted by Crippen LogP contribution is -2.32. The van der Waals surface area contributed by atoms with Crippen molar-refractivity contribution >= 4 is 33.4 Å². The maximum atomic E-state index is 12.1. The number of aromatic nitrogens is 1. The Morgan fingerprint density at radius 2 is 2.11 bits per heavy atom. The Labute approximate surface area is 128 Å². The van der Waals surface area contributed by atoms with Crippen molar-refractivity contribution in [1.29, 1.82) is 0 Å². The van der Waals surface area contributed by atoms with Crippen molar-refractivity contribution < 1.29 is 4.79 Å². The molecule has 0 bridgehead atoms. The third kappa shape index (κ3) is 5.91. The summed E-state index contributed by atoms with van der Waals surface area (Å²) >= 11 is 9.22. The minimum atomic E-state index is -0.171. The van der Waals surface area contributed by atoms with Gasteiger partial charge < -0.3 is 5.32 Å². The van der Waals surface area contributed by atoms with Crippen LogP contribution in [-0.4, -0.2) is 16.9 Å². The molecule has 3 nitrogen and oxygen atoms in total.